The van der Waals surface area contributed by atoms with Gasteiger partial charge < -0.3 is 15.5 Å². The number of aliphatic carboxylic acids is 2. The standard InChI is InChI=1S/C19H28N6O.2C2HF3O2/c1-3-8-20-19(26)15-6-7-17-21-22-18(25(17)12-15)16-13-24(10-9-23(16)2)11-14-4-5-14;2*3-2(4,5)1(6)7/h6-7,12,14,16H,3-5,8-11,13H2,1-2H3,(H,20,26);2*(H,6,7). The zero-order chi connectivity index (χ0) is 30.3. The van der Waals surface area contributed by atoms with Gasteiger partial charge in [0.25, 0.3) is 5.91 Å². The number of carboxylic acids is 2. The van der Waals surface area contributed by atoms with E-state index in [1.807, 2.05) is 29.7 Å². The van der Waals surface area contributed by atoms with Gasteiger partial charge in [-0.05, 0) is 44.4 Å². The van der Waals surface area contributed by atoms with Crippen LogP contribution < -0.4 is 5.32 Å². The van der Waals surface area contributed by atoms with Crippen molar-refractivity contribution < 1.29 is 50.9 Å². The number of carbonyl (C=O) groups excluding carboxylic acids is 1. The van der Waals surface area contributed by atoms with Crippen LogP contribution in [0, 0.1) is 5.92 Å². The van der Waals surface area contributed by atoms with Gasteiger partial charge in [0.1, 0.15) is 0 Å². The van der Waals surface area contributed by atoms with E-state index in [9.17, 15) is 31.1 Å². The van der Waals surface area contributed by atoms with E-state index in [4.69, 9.17) is 19.8 Å². The highest BCUT2D eigenvalue weighted by atomic mass is 19.4. The Balaban J connectivity index is 0.000000333. The Morgan fingerprint density at radius 2 is 1.57 bits per heavy atom. The van der Waals surface area contributed by atoms with E-state index in [2.05, 4.69) is 32.4 Å². The molecule has 0 spiro atoms. The first-order chi connectivity index (χ1) is 18.5. The van der Waals surface area contributed by atoms with Crippen LogP contribution in [0.3, 0.4) is 0 Å². The zero-order valence-electron chi connectivity index (χ0n) is 21.7. The van der Waals surface area contributed by atoms with Gasteiger partial charge in [-0.15, -0.1) is 10.2 Å². The lowest BCUT2D eigenvalue weighted by atomic mass is 10.1. The number of alkyl halides is 6. The van der Waals surface area contributed by atoms with Crippen LogP contribution in [0.5, 0.6) is 0 Å². The molecule has 1 saturated carbocycles. The van der Waals surface area contributed by atoms with Crippen LogP contribution in [-0.2, 0) is 9.59 Å². The Hall–Kier alpha value is -3.47. The van der Waals surface area contributed by atoms with Crippen molar-refractivity contribution in [3.8, 4) is 0 Å². The summed E-state index contributed by atoms with van der Waals surface area (Å²) in [6.07, 6.45) is -4.61. The number of hydrogen-bond donors (Lipinski definition) is 3. The highest BCUT2D eigenvalue weighted by molar-refractivity contribution is 5.94. The van der Waals surface area contributed by atoms with Crippen molar-refractivity contribution in [2.75, 3.05) is 39.8 Å². The minimum atomic E-state index is -5.08. The number of halogens is 6. The molecule has 1 amide bonds. The number of nitrogens with one attached hydrogen (secondary N) is 1. The summed E-state index contributed by atoms with van der Waals surface area (Å²) in [5, 5.41) is 26.0. The molecule has 17 heteroatoms. The average Bonchev–Trinajstić information content (AvgIpc) is 3.58. The monoisotopic (exact) mass is 584 g/mol. The summed E-state index contributed by atoms with van der Waals surface area (Å²) in [7, 11) is 2.15. The number of nitrogens with zero attached hydrogens (tertiary/aromatic N) is 5. The van der Waals surface area contributed by atoms with Crippen LogP contribution in [0.1, 0.15) is 48.4 Å². The molecular formula is C23H30F6N6O5. The summed E-state index contributed by atoms with van der Waals surface area (Å²) < 4.78 is 65.5. The van der Waals surface area contributed by atoms with E-state index < -0.39 is 24.3 Å². The Morgan fingerprint density at radius 3 is 2.08 bits per heavy atom. The number of hydrogen-bond acceptors (Lipinski definition) is 7. The number of rotatable bonds is 6. The molecule has 40 heavy (non-hydrogen) atoms. The third-order valence-electron chi connectivity index (χ3n) is 5.95. The second kappa shape index (κ2) is 13.7. The van der Waals surface area contributed by atoms with Gasteiger partial charge in [-0.25, -0.2) is 9.59 Å². The van der Waals surface area contributed by atoms with Gasteiger partial charge in [0, 0.05) is 38.9 Å². The summed E-state index contributed by atoms with van der Waals surface area (Å²) in [4.78, 5) is 35.0. The van der Waals surface area contributed by atoms with Crippen LogP contribution in [0.15, 0.2) is 18.3 Å². The highest BCUT2D eigenvalue weighted by Gasteiger charge is 2.39. The van der Waals surface area contributed by atoms with E-state index in [0.29, 0.717) is 12.1 Å². The fourth-order valence-corrected chi connectivity index (χ4v) is 3.65. The van der Waals surface area contributed by atoms with Crippen LogP contribution in [0.2, 0.25) is 0 Å². The maximum absolute atomic E-state index is 12.3. The minimum Gasteiger partial charge on any atom is -0.475 e. The average molecular weight is 585 g/mol. The molecule has 3 heterocycles. The molecule has 4 rings (SSSR count). The first kappa shape index (κ1) is 32.7. The molecule has 1 unspecified atom stereocenters. The fourth-order valence-electron chi connectivity index (χ4n) is 3.65. The van der Waals surface area contributed by atoms with Crippen molar-refractivity contribution in [3.05, 3.63) is 29.7 Å². The first-order valence-corrected chi connectivity index (χ1v) is 12.2. The minimum absolute atomic E-state index is 0.0410. The fraction of sp³-hybridized carbons (Fsp3) is 0.609. The molecule has 3 N–H and O–H groups in total. The van der Waals surface area contributed by atoms with Gasteiger partial charge >= 0.3 is 24.3 Å². The molecule has 2 aromatic heterocycles. The maximum atomic E-state index is 12.3. The maximum Gasteiger partial charge on any atom is 0.490 e. The summed E-state index contributed by atoms with van der Waals surface area (Å²) >= 11 is 0. The largest absolute Gasteiger partial charge is 0.490 e. The van der Waals surface area contributed by atoms with Gasteiger partial charge in [-0.3, -0.25) is 19.0 Å². The number of pyridine rings is 1. The summed E-state index contributed by atoms with van der Waals surface area (Å²) in [6.45, 7) is 7.06. The Labute approximate surface area is 224 Å². The smallest absolute Gasteiger partial charge is 0.475 e. The molecule has 1 aliphatic heterocycles. The number of carbonyl (C=O) groups is 3. The van der Waals surface area contributed by atoms with Gasteiger partial charge in [0.15, 0.2) is 11.5 Å². The first-order valence-electron chi connectivity index (χ1n) is 12.2. The molecule has 2 aromatic rings. The lowest BCUT2D eigenvalue weighted by molar-refractivity contribution is -0.193. The molecule has 1 aliphatic carbocycles. The quantitative estimate of drug-likeness (QED) is 0.438. The summed E-state index contributed by atoms with van der Waals surface area (Å²) in [6, 6.07) is 3.90. The zero-order valence-corrected chi connectivity index (χ0v) is 21.7. The van der Waals surface area contributed by atoms with Crippen molar-refractivity contribution in [1.82, 2.24) is 29.7 Å². The molecule has 224 valence electrons. The van der Waals surface area contributed by atoms with E-state index in [1.54, 1.807) is 0 Å². The summed E-state index contributed by atoms with van der Waals surface area (Å²) in [5.41, 5.74) is 1.44. The lowest BCUT2D eigenvalue weighted by Crippen LogP contribution is -2.47. The van der Waals surface area contributed by atoms with Crippen molar-refractivity contribution in [3.63, 3.8) is 0 Å². The number of fused-ring (bicyclic) bond motifs is 1. The number of carboxylic acid groups (broad SMARTS) is 2. The Kier molecular flexibility index (Phi) is 11.2. The molecule has 11 nitrogen and oxygen atoms in total. The van der Waals surface area contributed by atoms with E-state index >= 15 is 0 Å². The number of aromatic nitrogens is 3. The molecule has 1 atom stereocenters. The molecule has 2 fully saturated rings. The molecule has 0 bridgehead atoms. The third-order valence-corrected chi connectivity index (χ3v) is 5.95. The second-order valence-corrected chi connectivity index (χ2v) is 9.27. The topological polar surface area (TPSA) is 140 Å². The van der Waals surface area contributed by atoms with Gasteiger partial charge in [0.2, 0.25) is 0 Å². The van der Waals surface area contributed by atoms with Crippen LogP contribution in [0.25, 0.3) is 5.65 Å². The Bertz CT molecular complexity index is 1140. The summed E-state index contributed by atoms with van der Waals surface area (Å²) in [5.74, 6) is -3.74. The normalized spacial score (nSPS) is 18.2. The number of amides is 1. The van der Waals surface area contributed by atoms with Gasteiger partial charge in [0.05, 0.1) is 11.6 Å². The molecular weight excluding hydrogens is 554 g/mol. The predicted molar refractivity (Wildman–Crippen MR) is 128 cm³/mol. The molecule has 0 radical (unpaired) electrons. The van der Waals surface area contributed by atoms with E-state index in [-0.39, 0.29) is 11.9 Å². The van der Waals surface area contributed by atoms with Crippen LogP contribution in [-0.4, -0.2) is 105 Å². The van der Waals surface area contributed by atoms with Crippen molar-refractivity contribution >= 4 is 23.5 Å². The second-order valence-electron chi connectivity index (χ2n) is 9.27. The molecule has 1 saturated heterocycles. The Morgan fingerprint density at radius 1 is 1.00 bits per heavy atom. The predicted octanol–water partition coefficient (Wildman–Crippen LogP) is 2.83. The number of likely N-dealkylation sites (N-methyl/N-ethyl adjacent to an activating group) is 1. The van der Waals surface area contributed by atoms with Gasteiger partial charge in [-0.1, -0.05) is 6.92 Å². The number of piperazine rings is 1. The molecule has 0 aromatic carbocycles. The third kappa shape index (κ3) is 9.93. The van der Waals surface area contributed by atoms with Crippen molar-refractivity contribution in [1.29, 1.82) is 0 Å². The van der Waals surface area contributed by atoms with Crippen LogP contribution >= 0.6 is 0 Å². The lowest BCUT2D eigenvalue weighted by Gasteiger charge is -2.38. The van der Waals surface area contributed by atoms with Crippen molar-refractivity contribution in [2.45, 2.75) is 44.6 Å². The van der Waals surface area contributed by atoms with Crippen molar-refractivity contribution in [2.24, 2.45) is 5.92 Å². The van der Waals surface area contributed by atoms with Gasteiger partial charge in [-0.2, -0.15) is 26.3 Å². The highest BCUT2D eigenvalue weighted by Crippen LogP contribution is 2.32. The SMILES string of the molecule is CCCNC(=O)c1ccc2nnc(C3CN(CC4CC4)CCN3C)n2c1.O=C(O)C(F)(F)F.O=C(O)C(F)(F)F. The molecule has 2 aliphatic rings. The van der Waals surface area contributed by atoms with E-state index in [1.165, 1.54) is 19.4 Å². The van der Waals surface area contributed by atoms with Crippen LogP contribution in [0.4, 0.5) is 26.3 Å². The van der Waals surface area contributed by atoms with E-state index in [0.717, 1.165) is 43.4 Å².